The van der Waals surface area contributed by atoms with Crippen LogP contribution >= 0.6 is 12.4 Å². The van der Waals surface area contributed by atoms with Crippen LogP contribution in [0.4, 0.5) is 0 Å². The quantitative estimate of drug-likeness (QED) is 0.833. The van der Waals surface area contributed by atoms with E-state index in [-0.39, 0.29) is 41.9 Å². The van der Waals surface area contributed by atoms with Gasteiger partial charge in [-0.25, -0.2) is 4.79 Å². The number of ether oxygens (including phenoxy) is 1. The highest BCUT2D eigenvalue weighted by atomic mass is 35.5. The molecule has 2 N–H and O–H groups in total. The average Bonchev–Trinajstić information content (AvgIpc) is 2.62. The summed E-state index contributed by atoms with van der Waals surface area (Å²) in [4.78, 5) is 25.0. The van der Waals surface area contributed by atoms with Crippen LogP contribution in [0.15, 0.2) is 15.3 Å². The summed E-state index contributed by atoms with van der Waals surface area (Å²) in [6.45, 7) is 3.63. The number of hydrogen-bond acceptors (Lipinski definition) is 5. The Morgan fingerprint density at radius 1 is 1.27 bits per heavy atom. The number of hydrogen-bond donors (Lipinski definition) is 2. The third-order valence-electron chi connectivity index (χ3n) is 5.44. The fourth-order valence-corrected chi connectivity index (χ4v) is 3.90. The van der Waals surface area contributed by atoms with Crippen molar-refractivity contribution in [2.24, 2.45) is 0 Å². The second-order valence-corrected chi connectivity index (χ2v) is 7.22. The van der Waals surface area contributed by atoms with Gasteiger partial charge in [-0.1, -0.05) is 0 Å². The van der Waals surface area contributed by atoms with E-state index in [9.17, 15) is 9.59 Å². The Kier molecular flexibility index (Phi) is 7.68. The molecule has 0 aromatic carbocycles. The number of piperidine rings is 1. The van der Waals surface area contributed by atoms with E-state index in [0.29, 0.717) is 11.3 Å². The first-order valence-electron chi connectivity index (χ1n) is 9.27. The van der Waals surface area contributed by atoms with Crippen molar-refractivity contribution in [2.45, 2.75) is 63.5 Å². The molecule has 0 bridgehead atoms. The Balaban J connectivity index is 0.00000243. The predicted molar refractivity (Wildman–Crippen MR) is 102 cm³/mol. The van der Waals surface area contributed by atoms with Gasteiger partial charge in [0.2, 0.25) is 0 Å². The second-order valence-electron chi connectivity index (χ2n) is 7.22. The molecular formula is C19H29ClN2O4. The molecule has 2 fully saturated rings. The molecule has 2 aliphatic rings. The molecule has 26 heavy (non-hydrogen) atoms. The molecule has 0 radical (unpaired) electrons. The normalized spacial score (nSPS) is 26.0. The monoisotopic (exact) mass is 384 g/mol. The zero-order valence-corrected chi connectivity index (χ0v) is 16.3. The van der Waals surface area contributed by atoms with Crippen molar-refractivity contribution in [1.82, 2.24) is 10.6 Å². The van der Waals surface area contributed by atoms with E-state index in [1.807, 2.05) is 13.0 Å². The first-order valence-corrected chi connectivity index (χ1v) is 9.27. The van der Waals surface area contributed by atoms with E-state index < -0.39 is 5.63 Å². The van der Waals surface area contributed by atoms with Gasteiger partial charge < -0.3 is 19.8 Å². The van der Waals surface area contributed by atoms with Gasteiger partial charge in [-0.15, -0.1) is 12.4 Å². The largest absolute Gasteiger partial charge is 0.427 e. The van der Waals surface area contributed by atoms with Crippen LogP contribution in [-0.2, 0) is 4.74 Å². The lowest BCUT2D eigenvalue weighted by Gasteiger charge is -2.28. The van der Waals surface area contributed by atoms with Gasteiger partial charge in [-0.05, 0) is 63.6 Å². The lowest BCUT2D eigenvalue weighted by molar-refractivity contribution is 0.0598. The fraction of sp³-hybridized carbons (Fsp3) is 0.684. The molecule has 1 amide bonds. The van der Waals surface area contributed by atoms with Crippen LogP contribution in [0.3, 0.4) is 0 Å². The van der Waals surface area contributed by atoms with Crippen LogP contribution in [-0.4, -0.2) is 38.3 Å². The molecule has 1 aromatic rings. The van der Waals surface area contributed by atoms with Crippen LogP contribution < -0.4 is 16.3 Å². The van der Waals surface area contributed by atoms with Gasteiger partial charge in [0, 0.05) is 25.6 Å². The third kappa shape index (κ3) is 4.87. The van der Waals surface area contributed by atoms with Crippen LogP contribution in [0.5, 0.6) is 0 Å². The summed E-state index contributed by atoms with van der Waals surface area (Å²) in [5, 5.41) is 6.31. The van der Waals surface area contributed by atoms with E-state index in [1.54, 1.807) is 7.11 Å². The van der Waals surface area contributed by atoms with Gasteiger partial charge in [-0.2, -0.15) is 0 Å². The molecule has 7 heteroatoms. The van der Waals surface area contributed by atoms with Gasteiger partial charge in [0.15, 0.2) is 0 Å². The minimum absolute atomic E-state index is 0. The number of rotatable bonds is 4. The SMILES string of the molecule is COC1CCC(NC(=O)c2c(C)cc(C3CCCNC3)oc2=O)CC1.Cl. The van der Waals surface area contributed by atoms with Gasteiger partial charge in [0.05, 0.1) is 6.10 Å². The lowest BCUT2D eigenvalue weighted by Crippen LogP contribution is -2.41. The summed E-state index contributed by atoms with van der Waals surface area (Å²) in [6, 6.07) is 1.95. The number of nitrogens with one attached hydrogen (secondary N) is 2. The minimum atomic E-state index is -0.524. The van der Waals surface area contributed by atoms with Crippen molar-refractivity contribution < 1.29 is 13.9 Å². The maximum absolute atomic E-state index is 12.6. The molecular weight excluding hydrogens is 356 g/mol. The topological polar surface area (TPSA) is 80.6 Å². The first kappa shape index (κ1) is 20.9. The van der Waals surface area contributed by atoms with Crippen LogP contribution in [0, 0.1) is 6.92 Å². The van der Waals surface area contributed by atoms with E-state index in [4.69, 9.17) is 9.15 Å². The number of carbonyl (C=O) groups is 1. The molecule has 1 saturated carbocycles. The second kappa shape index (κ2) is 9.53. The van der Waals surface area contributed by atoms with Crippen molar-refractivity contribution in [2.75, 3.05) is 20.2 Å². The van der Waals surface area contributed by atoms with E-state index in [2.05, 4.69) is 10.6 Å². The van der Waals surface area contributed by atoms with Crippen molar-refractivity contribution in [1.29, 1.82) is 0 Å². The fourth-order valence-electron chi connectivity index (χ4n) is 3.90. The summed E-state index contributed by atoms with van der Waals surface area (Å²) in [6.07, 6.45) is 5.97. The number of methoxy groups -OCH3 is 1. The zero-order valence-electron chi connectivity index (χ0n) is 15.5. The standard InChI is InChI=1S/C19H28N2O4.ClH/c1-12-10-16(13-4-3-9-20-11-13)25-19(23)17(12)18(22)21-14-5-7-15(24-2)8-6-14;/h10,13-15,20H,3-9,11H2,1-2H3,(H,21,22);1H. The van der Waals surface area contributed by atoms with Crippen molar-refractivity contribution in [3.63, 3.8) is 0 Å². The van der Waals surface area contributed by atoms with E-state index >= 15 is 0 Å². The Labute approximate surface area is 160 Å². The Morgan fingerprint density at radius 3 is 2.58 bits per heavy atom. The lowest BCUT2D eigenvalue weighted by atomic mass is 9.92. The maximum atomic E-state index is 12.6. The molecule has 1 aliphatic carbocycles. The van der Waals surface area contributed by atoms with Crippen molar-refractivity contribution >= 4 is 18.3 Å². The zero-order chi connectivity index (χ0) is 17.8. The molecule has 1 saturated heterocycles. The third-order valence-corrected chi connectivity index (χ3v) is 5.44. The molecule has 6 nitrogen and oxygen atoms in total. The number of aryl methyl sites for hydroxylation is 1. The van der Waals surface area contributed by atoms with Gasteiger partial charge in [0.1, 0.15) is 11.3 Å². The average molecular weight is 385 g/mol. The van der Waals surface area contributed by atoms with Gasteiger partial charge in [0.25, 0.3) is 5.91 Å². The van der Waals surface area contributed by atoms with Crippen LogP contribution in [0.2, 0.25) is 0 Å². The maximum Gasteiger partial charge on any atom is 0.349 e. The van der Waals surface area contributed by atoms with E-state index in [1.165, 1.54) is 0 Å². The Hall–Kier alpha value is -1.37. The summed E-state index contributed by atoms with van der Waals surface area (Å²) >= 11 is 0. The number of carbonyl (C=O) groups excluding carboxylic acids is 1. The molecule has 3 rings (SSSR count). The molecule has 2 heterocycles. The van der Waals surface area contributed by atoms with E-state index in [0.717, 1.165) is 51.6 Å². The highest BCUT2D eigenvalue weighted by Crippen LogP contribution is 2.24. The number of amides is 1. The predicted octanol–water partition coefficient (Wildman–Crippen LogP) is 2.52. The Morgan fingerprint density at radius 2 is 2.00 bits per heavy atom. The van der Waals surface area contributed by atoms with Gasteiger partial charge in [-0.3, -0.25) is 4.79 Å². The highest BCUT2D eigenvalue weighted by molar-refractivity contribution is 5.95. The summed E-state index contributed by atoms with van der Waals surface area (Å²) in [7, 11) is 1.72. The first-order chi connectivity index (χ1) is 12.1. The number of halogens is 1. The molecule has 0 spiro atoms. The summed E-state index contributed by atoms with van der Waals surface area (Å²) in [5.74, 6) is 0.578. The minimum Gasteiger partial charge on any atom is -0.427 e. The molecule has 1 atom stereocenters. The molecule has 146 valence electrons. The molecule has 1 unspecified atom stereocenters. The smallest absolute Gasteiger partial charge is 0.349 e. The van der Waals surface area contributed by atoms with Crippen molar-refractivity contribution in [3.05, 3.63) is 33.4 Å². The summed E-state index contributed by atoms with van der Waals surface area (Å²) in [5.41, 5.74) is 0.310. The van der Waals surface area contributed by atoms with Crippen molar-refractivity contribution in [3.8, 4) is 0 Å². The van der Waals surface area contributed by atoms with Crippen LogP contribution in [0.1, 0.15) is 66.1 Å². The Bertz CT molecular complexity index is 662. The van der Waals surface area contributed by atoms with Gasteiger partial charge >= 0.3 is 5.63 Å². The highest BCUT2D eigenvalue weighted by Gasteiger charge is 2.26. The van der Waals surface area contributed by atoms with Crippen LogP contribution in [0.25, 0.3) is 0 Å². The molecule has 1 aliphatic heterocycles. The molecule has 1 aromatic heterocycles. The summed E-state index contributed by atoms with van der Waals surface area (Å²) < 4.78 is 10.9.